The van der Waals surface area contributed by atoms with E-state index in [0.717, 1.165) is 18.6 Å². The van der Waals surface area contributed by atoms with Crippen molar-refractivity contribution in [3.8, 4) is 5.75 Å². The number of hydrogen-bond acceptors (Lipinski definition) is 3. The van der Waals surface area contributed by atoms with E-state index in [1.54, 1.807) is 0 Å². The average Bonchev–Trinajstić information content (AvgIpc) is 2.93. The zero-order valence-electron chi connectivity index (χ0n) is 12.2. The number of hydrogen-bond donors (Lipinski definition) is 2. The molecule has 1 aromatic carbocycles. The van der Waals surface area contributed by atoms with Crippen molar-refractivity contribution in [1.29, 1.82) is 0 Å². The monoisotopic (exact) mass is 330 g/mol. The third kappa shape index (κ3) is 4.61. The standard InChI is InChI=1S/C15H17F3N2O3/c16-15(17,18)9-3-1-4-10(7-9)23-8-13(21)20-12-6-2-5-11(12)14(19)22/h1,3-4,7,11-12H,2,5-6,8H2,(H2,19,22)(H,20,21)/t11-,12+/m0/s1. The van der Waals surface area contributed by atoms with E-state index in [9.17, 15) is 22.8 Å². The fourth-order valence-corrected chi connectivity index (χ4v) is 2.63. The number of nitrogens with one attached hydrogen (secondary N) is 1. The molecule has 1 aromatic rings. The smallest absolute Gasteiger partial charge is 0.416 e. The molecule has 126 valence electrons. The number of ether oxygens (including phenoxy) is 1. The molecule has 1 saturated carbocycles. The van der Waals surface area contributed by atoms with E-state index < -0.39 is 36.1 Å². The van der Waals surface area contributed by atoms with Crippen molar-refractivity contribution in [2.24, 2.45) is 11.7 Å². The molecule has 23 heavy (non-hydrogen) atoms. The topological polar surface area (TPSA) is 81.4 Å². The van der Waals surface area contributed by atoms with Crippen LogP contribution in [-0.2, 0) is 15.8 Å². The largest absolute Gasteiger partial charge is 0.484 e. The number of alkyl halides is 3. The quantitative estimate of drug-likeness (QED) is 0.864. The molecule has 0 aliphatic heterocycles. The molecule has 0 unspecified atom stereocenters. The first kappa shape index (κ1) is 17.1. The number of nitrogens with two attached hydrogens (primary N) is 1. The average molecular weight is 330 g/mol. The lowest BCUT2D eigenvalue weighted by molar-refractivity contribution is -0.137. The van der Waals surface area contributed by atoms with Crippen molar-refractivity contribution in [3.63, 3.8) is 0 Å². The fourth-order valence-electron chi connectivity index (χ4n) is 2.63. The highest BCUT2D eigenvalue weighted by Gasteiger charge is 2.33. The first-order valence-corrected chi connectivity index (χ1v) is 7.16. The minimum absolute atomic E-state index is 0.0483. The molecule has 0 saturated heterocycles. The number of primary amides is 1. The fraction of sp³-hybridized carbons (Fsp3) is 0.467. The van der Waals surface area contributed by atoms with E-state index in [2.05, 4.69) is 5.32 Å². The molecule has 1 fully saturated rings. The maximum absolute atomic E-state index is 12.6. The van der Waals surface area contributed by atoms with Gasteiger partial charge < -0.3 is 15.8 Å². The molecule has 2 amide bonds. The summed E-state index contributed by atoms with van der Waals surface area (Å²) in [5.41, 5.74) is 4.41. The van der Waals surface area contributed by atoms with Crippen LogP contribution in [0.25, 0.3) is 0 Å². The molecule has 0 spiro atoms. The molecule has 0 radical (unpaired) electrons. The maximum atomic E-state index is 12.6. The lowest BCUT2D eigenvalue weighted by Gasteiger charge is -2.18. The van der Waals surface area contributed by atoms with E-state index in [1.165, 1.54) is 12.1 Å². The zero-order chi connectivity index (χ0) is 17.0. The molecule has 3 N–H and O–H groups in total. The van der Waals surface area contributed by atoms with E-state index in [-0.39, 0.29) is 11.8 Å². The van der Waals surface area contributed by atoms with Crippen LogP contribution < -0.4 is 15.8 Å². The molecule has 2 atom stereocenters. The van der Waals surface area contributed by atoms with Crippen molar-refractivity contribution >= 4 is 11.8 Å². The molecule has 5 nitrogen and oxygen atoms in total. The van der Waals surface area contributed by atoms with Gasteiger partial charge in [-0.25, -0.2) is 0 Å². The van der Waals surface area contributed by atoms with Gasteiger partial charge in [-0.15, -0.1) is 0 Å². The summed E-state index contributed by atoms with van der Waals surface area (Å²) in [7, 11) is 0. The summed E-state index contributed by atoms with van der Waals surface area (Å²) in [6.07, 6.45) is -2.43. The van der Waals surface area contributed by atoms with Gasteiger partial charge in [-0.05, 0) is 31.0 Å². The van der Waals surface area contributed by atoms with Crippen molar-refractivity contribution in [1.82, 2.24) is 5.32 Å². The van der Waals surface area contributed by atoms with Gasteiger partial charge in [0.25, 0.3) is 5.91 Å². The van der Waals surface area contributed by atoms with Gasteiger partial charge in [0, 0.05) is 6.04 Å². The Hall–Kier alpha value is -2.25. The Kier molecular flexibility index (Phi) is 5.12. The second-order valence-electron chi connectivity index (χ2n) is 5.43. The van der Waals surface area contributed by atoms with Crippen molar-refractivity contribution < 1.29 is 27.5 Å². The van der Waals surface area contributed by atoms with Crippen molar-refractivity contribution in [3.05, 3.63) is 29.8 Å². The molecule has 1 aliphatic rings. The van der Waals surface area contributed by atoms with Gasteiger partial charge in [-0.2, -0.15) is 13.2 Å². The summed E-state index contributed by atoms with van der Waals surface area (Å²) in [6, 6.07) is 3.95. The minimum Gasteiger partial charge on any atom is -0.484 e. The van der Waals surface area contributed by atoms with Crippen LogP contribution in [0.15, 0.2) is 24.3 Å². The lowest BCUT2D eigenvalue weighted by Crippen LogP contribution is -2.44. The molecular weight excluding hydrogens is 313 g/mol. The van der Waals surface area contributed by atoms with Crippen LogP contribution >= 0.6 is 0 Å². The molecule has 2 rings (SSSR count). The van der Waals surface area contributed by atoms with Crippen LogP contribution in [0, 0.1) is 5.92 Å². The van der Waals surface area contributed by atoms with Crippen molar-refractivity contribution in [2.75, 3.05) is 6.61 Å². The van der Waals surface area contributed by atoms with E-state index in [1.807, 2.05) is 0 Å². The Morgan fingerprint density at radius 1 is 1.30 bits per heavy atom. The Labute approximate surface area is 131 Å². The lowest BCUT2D eigenvalue weighted by atomic mass is 10.0. The van der Waals surface area contributed by atoms with Gasteiger partial charge in [-0.1, -0.05) is 12.5 Å². The zero-order valence-corrected chi connectivity index (χ0v) is 12.2. The Bertz CT molecular complexity index is 590. The summed E-state index contributed by atoms with van der Waals surface area (Å²) >= 11 is 0. The first-order chi connectivity index (χ1) is 10.8. The van der Waals surface area contributed by atoms with E-state index in [4.69, 9.17) is 10.5 Å². The molecular formula is C15H17F3N2O3. The third-order valence-electron chi connectivity index (χ3n) is 3.76. The van der Waals surface area contributed by atoms with E-state index >= 15 is 0 Å². The predicted molar refractivity (Wildman–Crippen MR) is 75.4 cm³/mol. The van der Waals surface area contributed by atoms with Gasteiger partial charge in [0.2, 0.25) is 5.91 Å². The third-order valence-corrected chi connectivity index (χ3v) is 3.76. The van der Waals surface area contributed by atoms with Crippen LogP contribution in [0.3, 0.4) is 0 Å². The van der Waals surface area contributed by atoms with Crippen LogP contribution in [0.2, 0.25) is 0 Å². The molecule has 0 bridgehead atoms. The van der Waals surface area contributed by atoms with Crippen LogP contribution in [0.4, 0.5) is 13.2 Å². The second kappa shape index (κ2) is 6.89. The van der Waals surface area contributed by atoms with Crippen LogP contribution in [-0.4, -0.2) is 24.5 Å². The van der Waals surface area contributed by atoms with Gasteiger partial charge in [0.05, 0.1) is 11.5 Å². The Morgan fingerprint density at radius 3 is 2.70 bits per heavy atom. The Morgan fingerprint density at radius 2 is 2.04 bits per heavy atom. The number of carbonyl (C=O) groups excluding carboxylic acids is 2. The van der Waals surface area contributed by atoms with Gasteiger partial charge in [0.1, 0.15) is 5.75 Å². The number of carbonyl (C=O) groups is 2. The Balaban J connectivity index is 1.88. The summed E-state index contributed by atoms with van der Waals surface area (Å²) in [5.74, 6) is -1.42. The normalized spacial score (nSPS) is 21.0. The highest BCUT2D eigenvalue weighted by molar-refractivity contribution is 5.81. The summed E-state index contributed by atoms with van der Waals surface area (Å²) in [6.45, 7) is -0.427. The second-order valence-corrected chi connectivity index (χ2v) is 5.43. The molecule has 8 heteroatoms. The van der Waals surface area contributed by atoms with Crippen LogP contribution in [0.5, 0.6) is 5.75 Å². The minimum atomic E-state index is -4.47. The first-order valence-electron chi connectivity index (χ1n) is 7.16. The SMILES string of the molecule is NC(=O)[C@H]1CCC[C@H]1NC(=O)COc1cccc(C(F)(F)F)c1. The maximum Gasteiger partial charge on any atom is 0.416 e. The summed E-state index contributed by atoms with van der Waals surface area (Å²) in [4.78, 5) is 23.0. The molecule has 1 aliphatic carbocycles. The van der Waals surface area contributed by atoms with Gasteiger partial charge in [-0.3, -0.25) is 9.59 Å². The highest BCUT2D eigenvalue weighted by atomic mass is 19.4. The van der Waals surface area contributed by atoms with E-state index in [0.29, 0.717) is 12.8 Å². The number of halogens is 3. The number of amides is 2. The van der Waals surface area contributed by atoms with Gasteiger partial charge in [0.15, 0.2) is 6.61 Å². The van der Waals surface area contributed by atoms with Crippen LogP contribution in [0.1, 0.15) is 24.8 Å². The van der Waals surface area contributed by atoms with Gasteiger partial charge >= 0.3 is 6.18 Å². The summed E-state index contributed by atoms with van der Waals surface area (Å²) < 4.78 is 42.8. The summed E-state index contributed by atoms with van der Waals surface area (Å²) in [5, 5.41) is 2.64. The predicted octanol–water partition coefficient (Wildman–Crippen LogP) is 1.85. The highest BCUT2D eigenvalue weighted by Crippen LogP contribution is 2.31. The number of rotatable bonds is 5. The van der Waals surface area contributed by atoms with Crippen molar-refractivity contribution in [2.45, 2.75) is 31.5 Å². The number of benzene rings is 1. The molecule has 0 aromatic heterocycles. The molecule has 0 heterocycles.